The second kappa shape index (κ2) is 3.69. The molecular weight excluding hydrogens is 178 g/mol. The molecule has 1 fully saturated rings. The van der Waals surface area contributed by atoms with Crippen LogP contribution in [0.25, 0.3) is 0 Å². The largest absolute Gasteiger partial charge is 0.460 e. The number of hydrogen-bond donors (Lipinski definition) is 0. The predicted molar refractivity (Wildman–Crippen MR) is 41.7 cm³/mol. The maximum Gasteiger partial charge on any atom is 0.378 e. The molecule has 0 aliphatic carbocycles. The SMILES string of the molecule is CC1(COC(=O)C[N+](=O)[O-])COC1. The third-order valence-corrected chi connectivity index (χ3v) is 1.74. The average molecular weight is 189 g/mol. The average Bonchev–Trinajstić information content (AvgIpc) is 1.96. The summed E-state index contributed by atoms with van der Waals surface area (Å²) in [6.45, 7) is 2.41. The van der Waals surface area contributed by atoms with Crippen LogP contribution in [0.1, 0.15) is 6.92 Å². The lowest BCUT2D eigenvalue weighted by molar-refractivity contribution is -0.470. The molecule has 1 heterocycles. The summed E-state index contributed by atoms with van der Waals surface area (Å²) in [6.07, 6.45) is 0. The lowest BCUT2D eigenvalue weighted by Crippen LogP contribution is -2.44. The quantitative estimate of drug-likeness (QED) is 0.349. The van der Waals surface area contributed by atoms with Gasteiger partial charge in [-0.05, 0) is 0 Å². The molecular formula is C7H11NO5. The first-order valence-corrected chi connectivity index (χ1v) is 3.87. The zero-order valence-corrected chi connectivity index (χ0v) is 7.32. The van der Waals surface area contributed by atoms with Crippen LogP contribution in [-0.2, 0) is 14.3 Å². The number of esters is 1. The molecule has 1 aliphatic rings. The fourth-order valence-corrected chi connectivity index (χ4v) is 0.940. The monoisotopic (exact) mass is 189 g/mol. The van der Waals surface area contributed by atoms with E-state index in [1.54, 1.807) is 0 Å². The summed E-state index contributed by atoms with van der Waals surface area (Å²) in [5.41, 5.74) is -0.147. The van der Waals surface area contributed by atoms with Crippen LogP contribution in [0, 0.1) is 15.5 Å². The van der Waals surface area contributed by atoms with Crippen molar-refractivity contribution in [2.75, 3.05) is 26.4 Å². The molecule has 6 nitrogen and oxygen atoms in total. The Kier molecular flexibility index (Phi) is 2.82. The van der Waals surface area contributed by atoms with Gasteiger partial charge in [0.15, 0.2) is 0 Å². The molecule has 1 saturated heterocycles. The molecule has 6 heteroatoms. The van der Waals surface area contributed by atoms with Crippen LogP contribution in [0.3, 0.4) is 0 Å². The second-order valence-electron chi connectivity index (χ2n) is 3.45. The van der Waals surface area contributed by atoms with Gasteiger partial charge in [-0.2, -0.15) is 0 Å². The maximum absolute atomic E-state index is 10.7. The number of hydrogen-bond acceptors (Lipinski definition) is 5. The standard InChI is InChI=1S/C7H11NO5/c1-7(3-12-4-7)5-13-6(9)2-8(10)11/h2-5H2,1H3. The van der Waals surface area contributed by atoms with Gasteiger partial charge in [-0.25, -0.2) is 4.79 Å². The molecule has 0 radical (unpaired) electrons. The second-order valence-corrected chi connectivity index (χ2v) is 3.45. The Bertz CT molecular complexity index is 223. The molecule has 0 amide bonds. The van der Waals surface area contributed by atoms with Crippen molar-refractivity contribution < 1.29 is 19.2 Å². The normalized spacial score (nSPS) is 18.8. The van der Waals surface area contributed by atoms with Crippen molar-refractivity contribution in [3.63, 3.8) is 0 Å². The maximum atomic E-state index is 10.7. The molecule has 0 saturated carbocycles. The van der Waals surface area contributed by atoms with E-state index in [0.29, 0.717) is 13.2 Å². The Hall–Kier alpha value is -1.17. The molecule has 0 bridgehead atoms. The first-order chi connectivity index (χ1) is 6.02. The highest BCUT2D eigenvalue weighted by Gasteiger charge is 2.35. The lowest BCUT2D eigenvalue weighted by atomic mass is 9.90. The highest BCUT2D eigenvalue weighted by atomic mass is 16.6. The fourth-order valence-electron chi connectivity index (χ4n) is 0.940. The highest BCUT2D eigenvalue weighted by molar-refractivity contribution is 5.70. The number of carbonyl (C=O) groups is 1. The van der Waals surface area contributed by atoms with Crippen LogP contribution in [0.5, 0.6) is 0 Å². The van der Waals surface area contributed by atoms with E-state index in [9.17, 15) is 14.9 Å². The summed E-state index contributed by atoms with van der Waals surface area (Å²) >= 11 is 0. The minimum atomic E-state index is -0.793. The minimum Gasteiger partial charge on any atom is -0.460 e. The summed E-state index contributed by atoms with van der Waals surface area (Å²) in [7, 11) is 0. The van der Waals surface area contributed by atoms with Crippen LogP contribution >= 0.6 is 0 Å². The van der Waals surface area contributed by atoms with Crippen LogP contribution < -0.4 is 0 Å². The van der Waals surface area contributed by atoms with E-state index in [-0.39, 0.29) is 12.0 Å². The van der Waals surface area contributed by atoms with Gasteiger partial charge in [0.25, 0.3) is 6.54 Å². The van der Waals surface area contributed by atoms with Crippen LogP contribution in [-0.4, -0.2) is 37.3 Å². The minimum absolute atomic E-state index is 0.147. The molecule has 0 spiro atoms. The molecule has 0 N–H and O–H groups in total. The first kappa shape index (κ1) is 9.91. The molecule has 0 aromatic carbocycles. The van der Waals surface area contributed by atoms with E-state index >= 15 is 0 Å². The predicted octanol–water partition coefficient (Wildman–Crippen LogP) is -0.157. The van der Waals surface area contributed by atoms with Gasteiger partial charge in [-0.1, -0.05) is 6.92 Å². The van der Waals surface area contributed by atoms with Crippen molar-refractivity contribution in [2.45, 2.75) is 6.92 Å². The molecule has 0 aromatic rings. The molecule has 1 rings (SSSR count). The molecule has 74 valence electrons. The summed E-state index contributed by atoms with van der Waals surface area (Å²) in [4.78, 5) is 19.9. The number of ether oxygens (including phenoxy) is 2. The van der Waals surface area contributed by atoms with Crippen LogP contribution in [0.4, 0.5) is 0 Å². The third kappa shape index (κ3) is 2.98. The van der Waals surface area contributed by atoms with Crippen molar-refractivity contribution >= 4 is 5.97 Å². The van der Waals surface area contributed by atoms with E-state index < -0.39 is 17.4 Å². The van der Waals surface area contributed by atoms with Crippen LogP contribution in [0.2, 0.25) is 0 Å². The number of carbonyl (C=O) groups excluding carboxylic acids is 1. The summed E-state index contributed by atoms with van der Waals surface area (Å²) in [5, 5.41) is 9.90. The zero-order valence-electron chi connectivity index (χ0n) is 7.32. The number of nitro groups is 1. The van der Waals surface area contributed by atoms with Crippen LogP contribution in [0.15, 0.2) is 0 Å². The van der Waals surface area contributed by atoms with Gasteiger partial charge in [0.05, 0.1) is 13.2 Å². The molecule has 1 aliphatic heterocycles. The first-order valence-electron chi connectivity index (χ1n) is 3.87. The molecule has 0 atom stereocenters. The molecule has 0 aromatic heterocycles. The van der Waals surface area contributed by atoms with Crippen molar-refractivity contribution in [1.29, 1.82) is 0 Å². The van der Waals surface area contributed by atoms with Gasteiger partial charge in [0.2, 0.25) is 0 Å². The molecule has 13 heavy (non-hydrogen) atoms. The van der Waals surface area contributed by atoms with Crippen molar-refractivity contribution in [3.05, 3.63) is 10.1 Å². The fraction of sp³-hybridized carbons (Fsp3) is 0.857. The number of nitrogens with zero attached hydrogens (tertiary/aromatic N) is 1. The Morgan fingerprint density at radius 3 is 2.69 bits per heavy atom. The van der Waals surface area contributed by atoms with Gasteiger partial charge < -0.3 is 9.47 Å². The van der Waals surface area contributed by atoms with Gasteiger partial charge in [-0.3, -0.25) is 10.1 Å². The zero-order chi connectivity index (χ0) is 9.90. The third-order valence-electron chi connectivity index (χ3n) is 1.74. The van der Waals surface area contributed by atoms with E-state index in [2.05, 4.69) is 0 Å². The van der Waals surface area contributed by atoms with Gasteiger partial charge >= 0.3 is 5.97 Å². The van der Waals surface area contributed by atoms with Gasteiger partial charge in [-0.15, -0.1) is 0 Å². The molecule has 0 unspecified atom stereocenters. The van der Waals surface area contributed by atoms with Gasteiger partial charge in [0.1, 0.15) is 6.61 Å². The van der Waals surface area contributed by atoms with E-state index in [1.807, 2.05) is 6.92 Å². The Morgan fingerprint density at radius 1 is 1.69 bits per heavy atom. The van der Waals surface area contributed by atoms with E-state index in [4.69, 9.17) is 9.47 Å². The summed E-state index contributed by atoms with van der Waals surface area (Å²) in [5.74, 6) is -0.793. The summed E-state index contributed by atoms with van der Waals surface area (Å²) in [6, 6.07) is 0. The van der Waals surface area contributed by atoms with Crippen molar-refractivity contribution in [2.24, 2.45) is 5.41 Å². The number of rotatable bonds is 4. The van der Waals surface area contributed by atoms with E-state index in [1.165, 1.54) is 0 Å². The Labute approximate surface area is 75.0 Å². The topological polar surface area (TPSA) is 78.7 Å². The highest BCUT2D eigenvalue weighted by Crippen LogP contribution is 2.26. The van der Waals surface area contributed by atoms with Crippen molar-refractivity contribution in [1.82, 2.24) is 0 Å². The Balaban J connectivity index is 2.18. The lowest BCUT2D eigenvalue weighted by Gasteiger charge is -2.36. The summed E-state index contributed by atoms with van der Waals surface area (Å²) < 4.78 is 9.63. The van der Waals surface area contributed by atoms with Crippen molar-refractivity contribution in [3.8, 4) is 0 Å². The smallest absolute Gasteiger partial charge is 0.378 e. The van der Waals surface area contributed by atoms with E-state index in [0.717, 1.165) is 0 Å². The Morgan fingerprint density at radius 2 is 2.31 bits per heavy atom. The van der Waals surface area contributed by atoms with Gasteiger partial charge in [0, 0.05) is 10.3 Å².